The molecule has 1 aromatic rings. The third kappa shape index (κ3) is 6.61. The van der Waals surface area contributed by atoms with Crippen LogP contribution in [0.15, 0.2) is 30.9 Å². The molecule has 7 heteroatoms. The second kappa shape index (κ2) is 9.74. The maximum atomic E-state index is 11.8. The molecule has 0 fully saturated rings. The van der Waals surface area contributed by atoms with Crippen molar-refractivity contribution in [3.8, 4) is 5.75 Å². The van der Waals surface area contributed by atoms with Crippen LogP contribution in [0.3, 0.4) is 0 Å². The molecular weight excluding hydrogens is 320 g/mol. The van der Waals surface area contributed by atoms with Crippen LogP contribution < -0.4 is 15.4 Å². The van der Waals surface area contributed by atoms with Crippen molar-refractivity contribution in [1.29, 1.82) is 0 Å². The van der Waals surface area contributed by atoms with Crippen LogP contribution in [0.1, 0.15) is 19.3 Å². The Hall–Kier alpha value is -2.21. The summed E-state index contributed by atoms with van der Waals surface area (Å²) in [6.07, 6.45) is 2.60. The molecule has 1 amide bonds. The summed E-state index contributed by atoms with van der Waals surface area (Å²) in [5.74, 6) is -0.774. The van der Waals surface area contributed by atoms with Gasteiger partial charge in [-0.25, -0.2) is 4.79 Å². The number of rotatable bonds is 10. The lowest BCUT2D eigenvalue weighted by molar-refractivity contribution is -0.141. The monoisotopic (exact) mass is 340 g/mol. The molecule has 1 unspecified atom stereocenters. The number of hydrogen-bond acceptors (Lipinski definition) is 4. The van der Waals surface area contributed by atoms with Gasteiger partial charge in [-0.05, 0) is 31.0 Å². The average Bonchev–Trinajstić information content (AvgIpc) is 2.51. The number of aliphatic carboxylic acids is 1. The van der Waals surface area contributed by atoms with Crippen LogP contribution in [0.2, 0.25) is 5.02 Å². The van der Waals surface area contributed by atoms with E-state index in [0.717, 1.165) is 0 Å². The van der Waals surface area contributed by atoms with Crippen molar-refractivity contribution < 1.29 is 19.4 Å². The first-order chi connectivity index (χ1) is 11.0. The third-order valence-corrected chi connectivity index (χ3v) is 3.36. The standard InChI is InChI=1S/C16H21ClN2O4/c1-3-4-5-12(16(21)22)19-15(20)8-9-18-13-10-11(17)6-7-14(13)23-2/h3,6-7,10,12,18H,1,4-5,8-9H2,2H3,(H,19,20)(H,21,22). The number of hydrogen-bond donors (Lipinski definition) is 3. The fourth-order valence-electron chi connectivity index (χ4n) is 1.94. The molecule has 0 bridgehead atoms. The summed E-state index contributed by atoms with van der Waals surface area (Å²) in [7, 11) is 1.54. The Balaban J connectivity index is 2.48. The van der Waals surface area contributed by atoms with Crippen molar-refractivity contribution in [2.75, 3.05) is 19.0 Å². The van der Waals surface area contributed by atoms with Gasteiger partial charge >= 0.3 is 5.97 Å². The number of carboxylic acid groups (broad SMARTS) is 1. The molecular formula is C16H21ClN2O4. The van der Waals surface area contributed by atoms with Gasteiger partial charge in [0.2, 0.25) is 5.91 Å². The predicted octanol–water partition coefficient (Wildman–Crippen LogP) is 2.69. The maximum absolute atomic E-state index is 11.8. The summed E-state index contributed by atoms with van der Waals surface area (Å²) < 4.78 is 5.19. The van der Waals surface area contributed by atoms with Crippen LogP contribution in [0.25, 0.3) is 0 Å². The molecule has 1 aromatic carbocycles. The maximum Gasteiger partial charge on any atom is 0.326 e. The minimum Gasteiger partial charge on any atom is -0.495 e. The number of halogens is 1. The van der Waals surface area contributed by atoms with Crippen LogP contribution in [0.5, 0.6) is 5.75 Å². The van der Waals surface area contributed by atoms with Gasteiger partial charge in [-0.1, -0.05) is 17.7 Å². The fraction of sp³-hybridized carbons (Fsp3) is 0.375. The van der Waals surface area contributed by atoms with Gasteiger partial charge in [0.15, 0.2) is 0 Å². The lowest BCUT2D eigenvalue weighted by Crippen LogP contribution is -2.41. The van der Waals surface area contributed by atoms with Gasteiger partial charge in [0.1, 0.15) is 11.8 Å². The Morgan fingerprint density at radius 2 is 2.22 bits per heavy atom. The normalized spacial score (nSPS) is 11.4. The number of carbonyl (C=O) groups is 2. The Kier molecular flexibility index (Phi) is 7.97. The largest absolute Gasteiger partial charge is 0.495 e. The molecule has 6 nitrogen and oxygen atoms in total. The zero-order valence-electron chi connectivity index (χ0n) is 13.0. The minimum absolute atomic E-state index is 0.132. The van der Waals surface area contributed by atoms with Gasteiger partial charge in [0.25, 0.3) is 0 Å². The highest BCUT2D eigenvalue weighted by Gasteiger charge is 2.18. The summed E-state index contributed by atoms with van der Waals surface area (Å²) in [6.45, 7) is 3.87. The SMILES string of the molecule is C=CCCC(NC(=O)CCNc1cc(Cl)ccc1OC)C(=O)O. The first kappa shape index (κ1) is 18.8. The lowest BCUT2D eigenvalue weighted by Gasteiger charge is -2.15. The highest BCUT2D eigenvalue weighted by atomic mass is 35.5. The third-order valence-electron chi connectivity index (χ3n) is 3.12. The second-order valence-electron chi connectivity index (χ2n) is 4.85. The Labute approximate surface area is 140 Å². The molecule has 23 heavy (non-hydrogen) atoms. The number of nitrogens with one attached hydrogen (secondary N) is 2. The summed E-state index contributed by atoms with van der Waals surface area (Å²) in [4.78, 5) is 22.9. The molecule has 126 valence electrons. The van der Waals surface area contributed by atoms with Gasteiger partial charge in [0.05, 0.1) is 12.8 Å². The topological polar surface area (TPSA) is 87.7 Å². The number of methoxy groups -OCH3 is 1. The molecule has 3 N–H and O–H groups in total. The lowest BCUT2D eigenvalue weighted by atomic mass is 10.1. The van der Waals surface area contributed by atoms with E-state index in [1.807, 2.05) is 0 Å². The molecule has 1 rings (SSSR count). The number of anilines is 1. The number of carbonyl (C=O) groups excluding carboxylic acids is 1. The van der Waals surface area contributed by atoms with Gasteiger partial charge in [-0.2, -0.15) is 0 Å². The zero-order valence-corrected chi connectivity index (χ0v) is 13.7. The highest BCUT2D eigenvalue weighted by Crippen LogP contribution is 2.27. The van der Waals surface area contributed by atoms with E-state index in [0.29, 0.717) is 35.8 Å². The molecule has 0 saturated heterocycles. The van der Waals surface area contributed by atoms with Crippen molar-refractivity contribution in [3.63, 3.8) is 0 Å². The summed E-state index contributed by atoms with van der Waals surface area (Å²) in [5.41, 5.74) is 0.675. The Morgan fingerprint density at radius 1 is 1.48 bits per heavy atom. The van der Waals surface area contributed by atoms with Gasteiger partial charge in [-0.3, -0.25) is 4.79 Å². The number of carboxylic acids is 1. The summed E-state index contributed by atoms with van der Waals surface area (Å²) in [5, 5.41) is 15.1. The van der Waals surface area contributed by atoms with E-state index in [9.17, 15) is 9.59 Å². The van der Waals surface area contributed by atoms with Crippen molar-refractivity contribution >= 4 is 29.2 Å². The molecule has 0 aliphatic heterocycles. The first-order valence-electron chi connectivity index (χ1n) is 7.18. The molecule has 0 saturated carbocycles. The van der Waals surface area contributed by atoms with Crippen molar-refractivity contribution in [2.24, 2.45) is 0 Å². The van der Waals surface area contributed by atoms with Crippen LogP contribution in [-0.2, 0) is 9.59 Å². The Bertz CT molecular complexity index is 563. The molecule has 0 aliphatic rings. The van der Waals surface area contributed by atoms with E-state index in [1.165, 1.54) is 7.11 Å². The average molecular weight is 341 g/mol. The van der Waals surface area contributed by atoms with Crippen LogP contribution in [0.4, 0.5) is 5.69 Å². The molecule has 1 atom stereocenters. The fourth-order valence-corrected chi connectivity index (χ4v) is 2.11. The molecule has 0 heterocycles. The van der Waals surface area contributed by atoms with E-state index in [1.54, 1.807) is 24.3 Å². The van der Waals surface area contributed by atoms with Gasteiger partial charge in [-0.15, -0.1) is 6.58 Å². The quantitative estimate of drug-likeness (QED) is 0.570. The van der Waals surface area contributed by atoms with Crippen LogP contribution in [0, 0.1) is 0 Å². The second-order valence-corrected chi connectivity index (χ2v) is 5.28. The highest BCUT2D eigenvalue weighted by molar-refractivity contribution is 6.30. The van der Waals surface area contributed by atoms with Gasteiger partial charge in [0, 0.05) is 18.0 Å². The number of amides is 1. The van der Waals surface area contributed by atoms with E-state index < -0.39 is 12.0 Å². The van der Waals surface area contributed by atoms with E-state index in [4.69, 9.17) is 21.4 Å². The summed E-state index contributed by atoms with van der Waals surface area (Å²) in [6, 6.07) is 4.22. The predicted molar refractivity (Wildman–Crippen MR) is 90.1 cm³/mol. The van der Waals surface area contributed by atoms with Gasteiger partial charge < -0.3 is 20.5 Å². The van der Waals surface area contributed by atoms with E-state index in [2.05, 4.69) is 17.2 Å². The number of allylic oxidation sites excluding steroid dienone is 1. The van der Waals surface area contributed by atoms with Crippen LogP contribution >= 0.6 is 11.6 Å². The Morgan fingerprint density at radius 3 is 2.83 bits per heavy atom. The first-order valence-corrected chi connectivity index (χ1v) is 7.56. The van der Waals surface area contributed by atoms with Crippen LogP contribution in [-0.4, -0.2) is 36.7 Å². The number of ether oxygens (including phenoxy) is 1. The van der Waals surface area contributed by atoms with E-state index in [-0.39, 0.29) is 12.3 Å². The van der Waals surface area contributed by atoms with E-state index >= 15 is 0 Å². The summed E-state index contributed by atoms with van der Waals surface area (Å²) >= 11 is 5.92. The zero-order chi connectivity index (χ0) is 17.2. The molecule has 0 aromatic heterocycles. The van der Waals surface area contributed by atoms with Crippen molar-refractivity contribution in [3.05, 3.63) is 35.9 Å². The molecule has 0 aliphatic carbocycles. The van der Waals surface area contributed by atoms with Crippen molar-refractivity contribution in [1.82, 2.24) is 5.32 Å². The van der Waals surface area contributed by atoms with Crippen molar-refractivity contribution in [2.45, 2.75) is 25.3 Å². The molecule has 0 radical (unpaired) electrons. The minimum atomic E-state index is -1.05. The number of benzene rings is 1. The molecule has 0 spiro atoms. The smallest absolute Gasteiger partial charge is 0.326 e.